The van der Waals surface area contributed by atoms with E-state index in [-0.39, 0.29) is 5.91 Å². The minimum absolute atomic E-state index is 0.0633. The number of aryl methyl sites for hydroxylation is 1. The molecule has 1 aliphatic heterocycles. The molecule has 3 aromatic rings. The lowest BCUT2D eigenvalue weighted by Crippen LogP contribution is -2.38. The third-order valence-electron chi connectivity index (χ3n) is 6.08. The van der Waals surface area contributed by atoms with Crippen LogP contribution >= 0.6 is 0 Å². The highest BCUT2D eigenvalue weighted by molar-refractivity contribution is 5.94. The second-order valence-electron chi connectivity index (χ2n) is 8.21. The van der Waals surface area contributed by atoms with Crippen LogP contribution in [0.4, 0.5) is 0 Å². The van der Waals surface area contributed by atoms with Gasteiger partial charge in [0.2, 0.25) is 0 Å². The number of aromatic nitrogens is 1. The molecule has 0 unspecified atom stereocenters. The van der Waals surface area contributed by atoms with Crippen molar-refractivity contribution in [2.24, 2.45) is 5.73 Å². The minimum atomic E-state index is 0.0633. The number of nitrogens with two attached hydrogens (primary N) is 1. The molecule has 2 aromatic carbocycles. The van der Waals surface area contributed by atoms with Crippen molar-refractivity contribution < 1.29 is 4.79 Å². The van der Waals surface area contributed by atoms with E-state index in [1.165, 1.54) is 16.7 Å². The molecule has 0 radical (unpaired) electrons. The highest BCUT2D eigenvalue weighted by Gasteiger charge is 2.25. The lowest BCUT2D eigenvalue weighted by molar-refractivity contribution is 0.0712. The van der Waals surface area contributed by atoms with E-state index in [2.05, 4.69) is 30.1 Å². The third-order valence-corrected chi connectivity index (χ3v) is 6.08. The van der Waals surface area contributed by atoms with Gasteiger partial charge >= 0.3 is 0 Å². The van der Waals surface area contributed by atoms with Crippen molar-refractivity contribution in [3.05, 3.63) is 100 Å². The van der Waals surface area contributed by atoms with Crippen molar-refractivity contribution in [1.82, 2.24) is 9.88 Å². The molecule has 4 rings (SSSR count). The van der Waals surface area contributed by atoms with E-state index in [9.17, 15) is 4.79 Å². The molecule has 4 nitrogen and oxygen atoms in total. The van der Waals surface area contributed by atoms with E-state index < -0.39 is 0 Å². The van der Waals surface area contributed by atoms with Crippen LogP contribution in [0, 0.1) is 6.92 Å². The van der Waals surface area contributed by atoms with E-state index in [4.69, 9.17) is 5.73 Å². The van der Waals surface area contributed by atoms with Crippen LogP contribution in [0.25, 0.3) is 12.2 Å². The summed E-state index contributed by atoms with van der Waals surface area (Å²) >= 11 is 0. The predicted octanol–water partition coefficient (Wildman–Crippen LogP) is 5.04. The molecule has 1 amide bonds. The standard InChI is InChI=1S/C27H29N3O/c1-20-7-8-22(17-28)16-26(20)24-11-13-30(14-12-24)27(31)25-15-23(18-29-19-25)10-9-21-5-3-2-4-6-21/h2-10,15-16,18-19,24H,11-14,17,28H2,1H3. The Morgan fingerprint density at radius 1 is 1.03 bits per heavy atom. The maximum absolute atomic E-state index is 13.1. The lowest BCUT2D eigenvalue weighted by atomic mass is 9.85. The van der Waals surface area contributed by atoms with Gasteiger partial charge in [-0.3, -0.25) is 9.78 Å². The topological polar surface area (TPSA) is 59.2 Å². The largest absolute Gasteiger partial charge is 0.339 e. The summed E-state index contributed by atoms with van der Waals surface area (Å²) in [5, 5.41) is 0. The first-order valence-corrected chi connectivity index (χ1v) is 10.9. The number of amides is 1. The fourth-order valence-corrected chi connectivity index (χ4v) is 4.26. The van der Waals surface area contributed by atoms with Crippen molar-refractivity contribution in [3.63, 3.8) is 0 Å². The molecule has 0 saturated carbocycles. The summed E-state index contributed by atoms with van der Waals surface area (Å²) in [6.07, 6.45) is 9.44. The SMILES string of the molecule is Cc1ccc(CN)cc1C1CCN(C(=O)c2cncc(C=Cc3ccccc3)c2)CC1. The molecule has 0 atom stereocenters. The van der Waals surface area contributed by atoms with Crippen molar-refractivity contribution in [1.29, 1.82) is 0 Å². The van der Waals surface area contributed by atoms with Crippen LogP contribution < -0.4 is 5.73 Å². The van der Waals surface area contributed by atoms with E-state index in [0.717, 1.165) is 37.1 Å². The molecule has 2 N–H and O–H groups in total. The van der Waals surface area contributed by atoms with Crippen LogP contribution in [0.15, 0.2) is 67.0 Å². The van der Waals surface area contributed by atoms with Gasteiger partial charge in [0, 0.05) is 32.0 Å². The van der Waals surface area contributed by atoms with Gasteiger partial charge in [-0.05, 0) is 59.6 Å². The van der Waals surface area contributed by atoms with Crippen LogP contribution in [-0.2, 0) is 6.54 Å². The Morgan fingerprint density at radius 2 is 1.77 bits per heavy atom. The van der Waals surface area contributed by atoms with Gasteiger partial charge in [0.15, 0.2) is 0 Å². The van der Waals surface area contributed by atoms with Crippen LogP contribution in [0.5, 0.6) is 0 Å². The molecule has 31 heavy (non-hydrogen) atoms. The zero-order chi connectivity index (χ0) is 21.6. The van der Waals surface area contributed by atoms with Crippen molar-refractivity contribution >= 4 is 18.1 Å². The van der Waals surface area contributed by atoms with Crippen molar-refractivity contribution in [2.45, 2.75) is 32.2 Å². The Hall–Kier alpha value is -3.24. The maximum atomic E-state index is 13.1. The van der Waals surface area contributed by atoms with E-state index in [0.29, 0.717) is 18.0 Å². The summed E-state index contributed by atoms with van der Waals surface area (Å²) in [5.41, 5.74) is 12.4. The average Bonchev–Trinajstić information content (AvgIpc) is 2.83. The van der Waals surface area contributed by atoms with Gasteiger partial charge in [0.05, 0.1) is 5.56 Å². The molecule has 2 heterocycles. The summed E-state index contributed by atoms with van der Waals surface area (Å²) in [5.74, 6) is 0.544. The number of rotatable bonds is 5. The Bertz CT molecular complexity index is 1070. The molecule has 1 fully saturated rings. The maximum Gasteiger partial charge on any atom is 0.255 e. The highest BCUT2D eigenvalue weighted by Crippen LogP contribution is 2.31. The van der Waals surface area contributed by atoms with Crippen LogP contribution in [0.1, 0.15) is 56.9 Å². The number of piperidine rings is 1. The third kappa shape index (κ3) is 5.09. The van der Waals surface area contributed by atoms with Crippen LogP contribution in [0.3, 0.4) is 0 Å². The number of hydrogen-bond donors (Lipinski definition) is 1. The Morgan fingerprint density at radius 3 is 2.52 bits per heavy atom. The quantitative estimate of drug-likeness (QED) is 0.640. The number of carbonyl (C=O) groups excluding carboxylic acids is 1. The summed E-state index contributed by atoms with van der Waals surface area (Å²) in [4.78, 5) is 19.3. The second-order valence-corrected chi connectivity index (χ2v) is 8.21. The number of hydrogen-bond acceptors (Lipinski definition) is 3. The number of pyridine rings is 1. The number of likely N-dealkylation sites (tertiary alicyclic amines) is 1. The van der Waals surface area contributed by atoms with Gasteiger partial charge in [0.1, 0.15) is 0 Å². The van der Waals surface area contributed by atoms with Crippen LogP contribution in [0.2, 0.25) is 0 Å². The Kier molecular flexibility index (Phi) is 6.58. The summed E-state index contributed by atoms with van der Waals surface area (Å²) in [6, 6.07) is 18.5. The highest BCUT2D eigenvalue weighted by atomic mass is 16.2. The fourth-order valence-electron chi connectivity index (χ4n) is 4.26. The second kappa shape index (κ2) is 9.71. The first-order chi connectivity index (χ1) is 15.1. The summed E-state index contributed by atoms with van der Waals surface area (Å²) < 4.78 is 0. The zero-order valence-corrected chi connectivity index (χ0v) is 18.0. The predicted molar refractivity (Wildman–Crippen MR) is 127 cm³/mol. The molecule has 0 aliphatic carbocycles. The van der Waals surface area contributed by atoms with Gasteiger partial charge in [0.25, 0.3) is 5.91 Å². The smallest absolute Gasteiger partial charge is 0.255 e. The zero-order valence-electron chi connectivity index (χ0n) is 18.0. The Labute approximate surface area is 184 Å². The molecule has 1 saturated heterocycles. The molecule has 4 heteroatoms. The molecule has 1 aliphatic rings. The van der Waals surface area contributed by atoms with E-state index in [1.807, 2.05) is 53.5 Å². The summed E-state index contributed by atoms with van der Waals surface area (Å²) in [6.45, 7) is 4.25. The molecular weight excluding hydrogens is 382 g/mol. The van der Waals surface area contributed by atoms with Crippen LogP contribution in [-0.4, -0.2) is 28.9 Å². The Balaban J connectivity index is 1.41. The van der Waals surface area contributed by atoms with E-state index in [1.54, 1.807) is 12.4 Å². The van der Waals surface area contributed by atoms with Gasteiger partial charge in [-0.25, -0.2) is 0 Å². The fraction of sp³-hybridized carbons (Fsp3) is 0.259. The van der Waals surface area contributed by atoms with Gasteiger partial charge in [-0.1, -0.05) is 60.7 Å². The van der Waals surface area contributed by atoms with Crippen molar-refractivity contribution in [2.75, 3.05) is 13.1 Å². The lowest BCUT2D eigenvalue weighted by Gasteiger charge is -2.33. The normalized spacial score (nSPS) is 14.8. The molecule has 1 aromatic heterocycles. The number of carbonyl (C=O) groups is 1. The first-order valence-electron chi connectivity index (χ1n) is 10.9. The number of benzene rings is 2. The minimum Gasteiger partial charge on any atom is -0.339 e. The van der Waals surface area contributed by atoms with E-state index >= 15 is 0 Å². The molecule has 158 valence electrons. The van der Waals surface area contributed by atoms with Gasteiger partial charge in [-0.2, -0.15) is 0 Å². The molecular formula is C27H29N3O. The van der Waals surface area contributed by atoms with Gasteiger partial charge in [-0.15, -0.1) is 0 Å². The van der Waals surface area contributed by atoms with Gasteiger partial charge < -0.3 is 10.6 Å². The summed E-state index contributed by atoms with van der Waals surface area (Å²) in [7, 11) is 0. The molecule has 0 bridgehead atoms. The molecule has 0 spiro atoms. The van der Waals surface area contributed by atoms with Crippen molar-refractivity contribution in [3.8, 4) is 0 Å². The average molecular weight is 412 g/mol. The monoisotopic (exact) mass is 411 g/mol. The number of nitrogens with zero attached hydrogens (tertiary/aromatic N) is 2. The first kappa shape index (κ1) is 21.0.